The number of nitrogens with zero attached hydrogens (tertiary/aromatic N) is 4. The zero-order valence-electron chi connectivity index (χ0n) is 16.2. The van der Waals surface area contributed by atoms with Gasteiger partial charge in [-0.25, -0.2) is 4.68 Å². The van der Waals surface area contributed by atoms with E-state index in [1.807, 2.05) is 48.6 Å². The van der Waals surface area contributed by atoms with Crippen LogP contribution in [0.4, 0.5) is 0 Å². The number of piperazine rings is 1. The van der Waals surface area contributed by atoms with E-state index >= 15 is 0 Å². The summed E-state index contributed by atoms with van der Waals surface area (Å²) < 4.78 is 1.86. The fourth-order valence-corrected chi connectivity index (χ4v) is 3.87. The van der Waals surface area contributed by atoms with Gasteiger partial charge in [-0.3, -0.25) is 9.69 Å². The molecule has 1 fully saturated rings. The summed E-state index contributed by atoms with van der Waals surface area (Å²) in [7, 11) is 0. The zero-order chi connectivity index (χ0) is 19.0. The second-order valence-corrected chi connectivity index (χ2v) is 7.75. The van der Waals surface area contributed by atoms with E-state index < -0.39 is 0 Å². The van der Waals surface area contributed by atoms with Crippen LogP contribution in [0.25, 0.3) is 5.69 Å². The van der Waals surface area contributed by atoms with Crippen molar-refractivity contribution in [3.63, 3.8) is 0 Å². The van der Waals surface area contributed by atoms with Gasteiger partial charge in [-0.05, 0) is 58.4 Å². The van der Waals surface area contributed by atoms with E-state index in [-0.39, 0.29) is 5.91 Å². The topological polar surface area (TPSA) is 41.4 Å². The van der Waals surface area contributed by atoms with Gasteiger partial charge in [0.15, 0.2) is 0 Å². The predicted octanol–water partition coefficient (Wildman–Crippen LogP) is 3.62. The molecule has 6 heteroatoms. The summed E-state index contributed by atoms with van der Waals surface area (Å²) in [5, 5.41) is 5.35. The number of hydrogen-bond donors (Lipinski definition) is 0. The van der Waals surface area contributed by atoms with Crippen LogP contribution in [0.2, 0.25) is 5.02 Å². The van der Waals surface area contributed by atoms with E-state index in [1.54, 1.807) is 0 Å². The molecule has 0 saturated carbocycles. The van der Waals surface area contributed by atoms with E-state index in [1.165, 1.54) is 0 Å². The van der Waals surface area contributed by atoms with Crippen LogP contribution < -0.4 is 0 Å². The number of aromatic nitrogens is 2. The van der Waals surface area contributed by atoms with Crippen molar-refractivity contribution in [2.24, 2.45) is 0 Å². The third-order valence-electron chi connectivity index (χ3n) is 5.22. The van der Waals surface area contributed by atoms with Crippen LogP contribution in [0, 0.1) is 20.8 Å². The lowest BCUT2D eigenvalue weighted by molar-refractivity contribution is 0.0594. The maximum Gasteiger partial charge on any atom is 0.257 e. The van der Waals surface area contributed by atoms with Gasteiger partial charge < -0.3 is 4.90 Å². The smallest absolute Gasteiger partial charge is 0.257 e. The minimum Gasteiger partial charge on any atom is -0.336 e. The van der Waals surface area contributed by atoms with Crippen molar-refractivity contribution in [1.29, 1.82) is 0 Å². The van der Waals surface area contributed by atoms with Gasteiger partial charge in [-0.1, -0.05) is 11.6 Å². The second-order valence-electron chi connectivity index (χ2n) is 7.31. The Labute approximate surface area is 160 Å². The standard InChI is InChI=1S/C20H27ClN4O/c1-13(2)23-8-10-24(11-9-23)20(26)19-15(4)22-25(16(19)5)18-7-6-17(21)12-14(18)3/h6-7,12-13H,8-11H2,1-5H3. The highest BCUT2D eigenvalue weighted by atomic mass is 35.5. The molecule has 3 rings (SSSR count). The molecule has 0 spiro atoms. The highest BCUT2D eigenvalue weighted by Gasteiger charge is 2.28. The lowest BCUT2D eigenvalue weighted by atomic mass is 10.1. The lowest BCUT2D eigenvalue weighted by Crippen LogP contribution is -2.50. The molecule has 2 aromatic rings. The predicted molar refractivity (Wildman–Crippen MR) is 105 cm³/mol. The van der Waals surface area contributed by atoms with Crippen molar-refractivity contribution in [2.45, 2.75) is 40.7 Å². The third-order valence-corrected chi connectivity index (χ3v) is 5.46. The van der Waals surface area contributed by atoms with Gasteiger partial charge in [-0.15, -0.1) is 0 Å². The summed E-state index contributed by atoms with van der Waals surface area (Å²) in [6.07, 6.45) is 0. The van der Waals surface area contributed by atoms with Crippen molar-refractivity contribution in [3.05, 3.63) is 45.7 Å². The number of benzene rings is 1. The molecular formula is C20H27ClN4O. The van der Waals surface area contributed by atoms with E-state index in [0.717, 1.165) is 54.4 Å². The van der Waals surface area contributed by atoms with E-state index in [4.69, 9.17) is 11.6 Å². The van der Waals surface area contributed by atoms with Gasteiger partial charge in [0, 0.05) is 37.2 Å². The Morgan fingerprint density at radius 3 is 2.35 bits per heavy atom. The first-order valence-corrected chi connectivity index (χ1v) is 9.53. The van der Waals surface area contributed by atoms with Crippen LogP contribution >= 0.6 is 11.6 Å². The molecular weight excluding hydrogens is 348 g/mol. The Morgan fingerprint density at radius 1 is 1.12 bits per heavy atom. The molecule has 1 aliphatic heterocycles. The fourth-order valence-electron chi connectivity index (χ4n) is 3.64. The van der Waals surface area contributed by atoms with Crippen LogP contribution in [0.5, 0.6) is 0 Å². The number of carbonyl (C=O) groups is 1. The first kappa shape index (κ1) is 18.9. The third kappa shape index (κ3) is 3.51. The number of halogens is 1. The maximum atomic E-state index is 13.1. The number of carbonyl (C=O) groups excluding carboxylic acids is 1. The van der Waals surface area contributed by atoms with E-state index in [2.05, 4.69) is 23.8 Å². The van der Waals surface area contributed by atoms with Gasteiger partial charge in [0.1, 0.15) is 0 Å². The Balaban J connectivity index is 1.87. The molecule has 1 saturated heterocycles. The molecule has 1 aromatic heterocycles. The van der Waals surface area contributed by atoms with Crippen LogP contribution in [0.1, 0.15) is 41.2 Å². The summed E-state index contributed by atoms with van der Waals surface area (Å²) >= 11 is 6.07. The van der Waals surface area contributed by atoms with Crippen molar-refractivity contribution in [2.75, 3.05) is 26.2 Å². The van der Waals surface area contributed by atoms with Gasteiger partial charge in [0.05, 0.1) is 22.6 Å². The van der Waals surface area contributed by atoms with Gasteiger partial charge in [0.2, 0.25) is 0 Å². The van der Waals surface area contributed by atoms with Crippen LogP contribution in [0.3, 0.4) is 0 Å². The molecule has 0 unspecified atom stereocenters. The van der Waals surface area contributed by atoms with Gasteiger partial charge in [0.25, 0.3) is 5.91 Å². The average Bonchev–Trinajstić information content (AvgIpc) is 2.88. The van der Waals surface area contributed by atoms with E-state index in [0.29, 0.717) is 11.1 Å². The highest BCUT2D eigenvalue weighted by Crippen LogP contribution is 2.24. The first-order chi connectivity index (χ1) is 12.3. The molecule has 1 aromatic carbocycles. The van der Waals surface area contributed by atoms with Crippen LogP contribution in [0.15, 0.2) is 18.2 Å². The summed E-state index contributed by atoms with van der Waals surface area (Å²) in [5.41, 5.74) is 4.36. The number of aryl methyl sites for hydroxylation is 2. The van der Waals surface area contributed by atoms with Crippen LogP contribution in [-0.4, -0.2) is 57.7 Å². The summed E-state index contributed by atoms with van der Waals surface area (Å²) in [5.74, 6) is 0.0845. The molecule has 0 N–H and O–H groups in total. The Hall–Kier alpha value is -1.85. The lowest BCUT2D eigenvalue weighted by Gasteiger charge is -2.37. The van der Waals surface area contributed by atoms with Crippen molar-refractivity contribution >= 4 is 17.5 Å². The van der Waals surface area contributed by atoms with Gasteiger partial charge >= 0.3 is 0 Å². The largest absolute Gasteiger partial charge is 0.336 e. The zero-order valence-corrected chi connectivity index (χ0v) is 17.0. The molecule has 140 valence electrons. The molecule has 0 atom stereocenters. The minimum atomic E-state index is 0.0845. The Bertz CT molecular complexity index is 819. The molecule has 2 heterocycles. The second kappa shape index (κ2) is 7.41. The summed E-state index contributed by atoms with van der Waals surface area (Å²) in [6.45, 7) is 13.6. The SMILES string of the molecule is Cc1cc(Cl)ccc1-n1nc(C)c(C(=O)N2CCN(C(C)C)CC2)c1C. The average molecular weight is 375 g/mol. The summed E-state index contributed by atoms with van der Waals surface area (Å²) in [4.78, 5) is 17.5. The number of amides is 1. The molecule has 0 radical (unpaired) electrons. The number of hydrogen-bond acceptors (Lipinski definition) is 3. The van der Waals surface area contributed by atoms with Crippen molar-refractivity contribution < 1.29 is 4.79 Å². The number of rotatable bonds is 3. The highest BCUT2D eigenvalue weighted by molar-refractivity contribution is 6.30. The molecule has 5 nitrogen and oxygen atoms in total. The fraction of sp³-hybridized carbons (Fsp3) is 0.500. The quantitative estimate of drug-likeness (QED) is 0.824. The molecule has 1 amide bonds. The van der Waals surface area contributed by atoms with Crippen molar-refractivity contribution in [1.82, 2.24) is 19.6 Å². The first-order valence-electron chi connectivity index (χ1n) is 9.15. The minimum absolute atomic E-state index is 0.0845. The maximum absolute atomic E-state index is 13.1. The van der Waals surface area contributed by atoms with Crippen molar-refractivity contribution in [3.8, 4) is 5.69 Å². The monoisotopic (exact) mass is 374 g/mol. The molecule has 1 aliphatic rings. The normalized spacial score (nSPS) is 15.7. The Morgan fingerprint density at radius 2 is 1.77 bits per heavy atom. The molecule has 0 aliphatic carbocycles. The van der Waals surface area contributed by atoms with Crippen LogP contribution in [-0.2, 0) is 0 Å². The summed E-state index contributed by atoms with van der Waals surface area (Å²) in [6, 6.07) is 6.24. The van der Waals surface area contributed by atoms with E-state index in [9.17, 15) is 4.79 Å². The molecule has 0 bridgehead atoms. The Kier molecular flexibility index (Phi) is 5.39. The van der Waals surface area contributed by atoms with Gasteiger partial charge in [-0.2, -0.15) is 5.10 Å². The molecule has 26 heavy (non-hydrogen) atoms.